The molecule has 0 radical (unpaired) electrons. The lowest BCUT2D eigenvalue weighted by molar-refractivity contribution is -0.422. The van der Waals surface area contributed by atoms with Gasteiger partial charge in [-0.2, -0.15) is 0 Å². The number of aliphatic hydroxyl groups excluding tert-OH is 7. The van der Waals surface area contributed by atoms with E-state index in [1.807, 2.05) is 36.4 Å². The Morgan fingerprint density at radius 2 is 1.71 bits per heavy atom. The number of nitrogens with zero attached hydrogens (tertiary/aromatic N) is 3. The first-order valence-corrected chi connectivity index (χ1v) is 28.7. The number of hydrogen-bond acceptors (Lipinski definition) is 18. The Labute approximate surface area is 489 Å². The average molecular weight is 1180 g/mol. The van der Waals surface area contributed by atoms with Crippen LogP contribution in [-0.2, 0) is 45.5 Å². The summed E-state index contributed by atoms with van der Waals surface area (Å²) in [5.74, 6) is -12.8. The molecule has 0 unspecified atom stereocenters. The second kappa shape index (κ2) is 24.8. The maximum atomic E-state index is 15.7. The lowest BCUT2D eigenvalue weighted by Gasteiger charge is -2.58. The highest BCUT2D eigenvalue weighted by atomic mass is 16.8. The topological polar surface area (TPSA) is 398 Å². The van der Waals surface area contributed by atoms with Crippen LogP contribution in [0.3, 0.4) is 0 Å². The zero-order chi connectivity index (χ0) is 60.5. The molecule has 10 rings (SSSR count). The predicted octanol–water partition coefficient (Wildman–Crippen LogP) is 2.70. The standard InChI is InChI=1S/C62H74N6O17/c63-59(65-29-34-7-2-1-3-8-34)64-23-6-12-40(72)19-17-36-28-60(58(81)82)52(51(36)61-38(10-5-11-39(61)30-70)18-16-35-9-4-13-45(74)50(35)61)49-43(27-46(53(76)55(49)78)84-62(83)57(80)56(79)54(77)47(31-71)85-62)68(60)48(75)21-15-33-14-20-44(73)37(25-33)26-42-41(22-24-69)66-32-67-42/h1-4,7-9,13-15,20-21,25,27-28,32,38-40,47,51-52,54,56-57,69-74,76-80,83H,5-6,10-12,16-19,22-24,26,29-31H2,(H,66,67)(H,81,82)(H3,63,64,65)/b21-15+/t38-,39-,40+,47-,51-,52+,54-,56+,57-,60-,61+,62+/m1/s1. The zero-order valence-electron chi connectivity index (χ0n) is 46.6. The third-order valence-corrected chi connectivity index (χ3v) is 18.2. The number of aromatic amines is 1. The number of nitrogens with one attached hydrogen (secondary N) is 2. The third-order valence-electron chi connectivity index (χ3n) is 18.2. The van der Waals surface area contributed by atoms with Crippen LogP contribution >= 0.6 is 0 Å². The second-order valence-corrected chi connectivity index (χ2v) is 22.9. The lowest BCUT2D eigenvalue weighted by Crippen LogP contribution is -2.67. The number of fused-ring (bicyclic) bond motifs is 6. The number of ether oxygens (including phenoxy) is 2. The second-order valence-electron chi connectivity index (χ2n) is 22.9. The van der Waals surface area contributed by atoms with Crippen LogP contribution in [0.5, 0.6) is 28.7 Å². The summed E-state index contributed by atoms with van der Waals surface area (Å²) in [5.41, 5.74) is 6.19. The number of allylic oxidation sites excluding steroid dienone is 1. The number of amides is 1. The Hall–Kier alpha value is -7.58. The number of phenols is 4. The first-order valence-electron chi connectivity index (χ1n) is 28.7. The van der Waals surface area contributed by atoms with Crippen LogP contribution in [0.4, 0.5) is 5.69 Å². The van der Waals surface area contributed by atoms with Crippen LogP contribution in [0.25, 0.3) is 6.08 Å². The quantitative estimate of drug-likeness (QED) is 0.00955. The average Bonchev–Trinajstić information content (AvgIpc) is 1.54. The SMILES string of the molecule is NC(=NCc1ccccc1)NCCC[C@H](O)CCC1=C[C@]2(C(=O)O)[C@@H](c3c(cc(O[C@]4(O)O[C@H](CO)[C@@H](O)[C@H](O)[C@H]4O)c(O)c3O)N2C(=O)/C=C/c2ccc(O)c(Cc3[nH]cnc3CCO)c2)[C@@H]1[C@@]12c3c(O)cccc3CC[C@H]1CCC[C@@H]2CO. The number of hydrogen-bond donors (Lipinski definition) is 16. The molecule has 0 spiro atoms. The van der Waals surface area contributed by atoms with E-state index < -0.39 is 108 Å². The molecule has 85 heavy (non-hydrogen) atoms. The fraction of sp³-hybridized carbons (Fsp3) is 0.452. The number of aliphatic imine (C=N–C) groups is 1. The van der Waals surface area contributed by atoms with Gasteiger partial charge in [0.05, 0.1) is 37.0 Å². The Morgan fingerprint density at radius 1 is 0.918 bits per heavy atom. The minimum Gasteiger partial charge on any atom is -0.508 e. The predicted molar refractivity (Wildman–Crippen MR) is 307 cm³/mol. The molecule has 3 heterocycles. The number of phenolic OH excluding ortho intramolecular Hbond substituents is 4. The number of aromatic nitrogens is 2. The van der Waals surface area contributed by atoms with Crippen molar-refractivity contribution in [1.82, 2.24) is 15.3 Å². The van der Waals surface area contributed by atoms with E-state index in [-0.39, 0.29) is 73.3 Å². The Bertz CT molecular complexity index is 3350. The van der Waals surface area contributed by atoms with Gasteiger partial charge >= 0.3 is 11.9 Å². The molecule has 0 bridgehead atoms. The van der Waals surface area contributed by atoms with Crippen LogP contribution in [0, 0.1) is 17.8 Å². The van der Waals surface area contributed by atoms with Gasteiger partial charge in [-0.15, -0.1) is 0 Å². The van der Waals surface area contributed by atoms with E-state index in [2.05, 4.69) is 20.3 Å². The number of benzene rings is 4. The summed E-state index contributed by atoms with van der Waals surface area (Å²) in [6, 6.07) is 20.1. The highest BCUT2D eigenvalue weighted by molar-refractivity contribution is 6.13. The number of H-pyrrole nitrogens is 1. The number of anilines is 1. The van der Waals surface area contributed by atoms with Crippen molar-refractivity contribution in [2.45, 2.75) is 131 Å². The number of aliphatic hydroxyl groups is 8. The van der Waals surface area contributed by atoms with Crippen molar-refractivity contribution in [3.63, 3.8) is 0 Å². The number of rotatable bonds is 21. The van der Waals surface area contributed by atoms with Crippen molar-refractivity contribution >= 4 is 29.6 Å². The first-order chi connectivity index (χ1) is 40.8. The molecule has 5 aromatic rings. The number of carbonyl (C=O) groups excluding carboxylic acids is 1. The monoisotopic (exact) mass is 1170 g/mol. The highest BCUT2D eigenvalue weighted by Crippen LogP contribution is 2.72. The number of aliphatic carboxylic acids is 1. The van der Waals surface area contributed by atoms with E-state index in [0.717, 1.165) is 28.2 Å². The maximum absolute atomic E-state index is 15.7. The van der Waals surface area contributed by atoms with Gasteiger partial charge in [-0.1, -0.05) is 60.5 Å². The van der Waals surface area contributed by atoms with Gasteiger partial charge in [0, 0.05) is 84.4 Å². The largest absolute Gasteiger partial charge is 0.508 e. The number of nitrogens with two attached hydrogens (primary N) is 1. The van der Waals surface area contributed by atoms with Crippen molar-refractivity contribution in [3.8, 4) is 28.7 Å². The van der Waals surface area contributed by atoms with Gasteiger partial charge in [-0.25, -0.2) is 14.8 Å². The van der Waals surface area contributed by atoms with E-state index in [4.69, 9.17) is 15.2 Å². The van der Waals surface area contributed by atoms with E-state index in [1.54, 1.807) is 12.1 Å². The molecule has 2 aliphatic heterocycles. The Kier molecular flexibility index (Phi) is 17.7. The van der Waals surface area contributed by atoms with Gasteiger partial charge in [0.25, 0.3) is 5.91 Å². The molecule has 454 valence electrons. The number of aryl methyl sites for hydroxylation is 1. The molecule has 1 amide bonds. The number of carboxylic acids is 1. The van der Waals surface area contributed by atoms with Crippen LogP contribution in [-0.4, -0.2) is 163 Å². The fourth-order valence-corrected chi connectivity index (χ4v) is 14.4. The molecule has 5 aliphatic rings. The van der Waals surface area contributed by atoms with Crippen molar-refractivity contribution in [1.29, 1.82) is 0 Å². The number of carboxylic acid groups (broad SMARTS) is 1. The summed E-state index contributed by atoms with van der Waals surface area (Å²) >= 11 is 0. The number of carbonyl (C=O) groups is 2. The zero-order valence-corrected chi connectivity index (χ0v) is 46.6. The molecule has 1 aromatic heterocycles. The molecule has 17 N–H and O–H groups in total. The lowest BCUT2D eigenvalue weighted by atomic mass is 9.45. The van der Waals surface area contributed by atoms with Crippen LogP contribution in [0.1, 0.15) is 102 Å². The molecular weight excluding hydrogens is 1100 g/mol. The van der Waals surface area contributed by atoms with Crippen molar-refractivity contribution in [2.75, 3.05) is 31.3 Å². The summed E-state index contributed by atoms with van der Waals surface area (Å²) in [7, 11) is 0. The van der Waals surface area contributed by atoms with Gasteiger partial charge in [0.1, 0.15) is 29.8 Å². The summed E-state index contributed by atoms with van der Waals surface area (Å²) in [5, 5.41) is 151. The summed E-state index contributed by atoms with van der Waals surface area (Å²) < 4.78 is 11.1. The van der Waals surface area contributed by atoms with Crippen LogP contribution in [0.15, 0.2) is 102 Å². The summed E-state index contributed by atoms with van der Waals surface area (Å²) in [4.78, 5) is 43.3. The van der Waals surface area contributed by atoms with Crippen molar-refractivity contribution in [2.24, 2.45) is 28.5 Å². The minimum atomic E-state index is -3.37. The van der Waals surface area contributed by atoms with Crippen LogP contribution < -0.4 is 20.7 Å². The van der Waals surface area contributed by atoms with Gasteiger partial charge < -0.3 is 91.9 Å². The first kappa shape index (κ1) is 60.5. The fourth-order valence-electron chi connectivity index (χ4n) is 14.4. The molecule has 2 fully saturated rings. The third kappa shape index (κ3) is 11.0. The molecule has 23 nitrogen and oxygen atoms in total. The van der Waals surface area contributed by atoms with Crippen molar-refractivity contribution < 1.29 is 85.4 Å². The van der Waals surface area contributed by atoms with Crippen molar-refractivity contribution in [3.05, 3.63) is 142 Å². The highest BCUT2D eigenvalue weighted by Gasteiger charge is 2.72. The number of imidazole rings is 1. The molecule has 23 heteroatoms. The van der Waals surface area contributed by atoms with Gasteiger partial charge in [-0.3, -0.25) is 9.69 Å². The van der Waals surface area contributed by atoms with E-state index in [1.165, 1.54) is 36.7 Å². The Morgan fingerprint density at radius 3 is 2.45 bits per heavy atom. The molecule has 1 saturated carbocycles. The molecular formula is C62H74N6O17. The summed E-state index contributed by atoms with van der Waals surface area (Å²) in [6.45, 7) is -0.885. The summed E-state index contributed by atoms with van der Waals surface area (Å²) in [6.07, 6.45) is -0.165. The van der Waals surface area contributed by atoms with Crippen LogP contribution in [0.2, 0.25) is 0 Å². The Balaban J connectivity index is 1.11. The number of aromatic hydroxyl groups is 4. The number of guanidine groups is 1. The minimum absolute atomic E-state index is 0.0112. The van der Waals surface area contributed by atoms with Gasteiger partial charge in [0.15, 0.2) is 29.1 Å². The molecule has 4 aromatic carbocycles. The maximum Gasteiger partial charge on any atom is 0.355 e. The van der Waals surface area contributed by atoms with E-state index in [9.17, 15) is 66.4 Å². The molecule has 3 aliphatic carbocycles. The smallest absolute Gasteiger partial charge is 0.355 e. The molecule has 1 saturated heterocycles. The normalized spacial score (nSPS) is 28.3. The molecule has 12 atom stereocenters. The van der Waals surface area contributed by atoms with E-state index in [0.29, 0.717) is 85.3 Å². The van der Waals surface area contributed by atoms with Gasteiger partial charge in [0.2, 0.25) is 5.75 Å². The van der Waals surface area contributed by atoms with E-state index >= 15 is 9.59 Å². The van der Waals surface area contributed by atoms with Gasteiger partial charge in [-0.05, 0) is 110 Å².